The second-order valence-electron chi connectivity index (χ2n) is 3.37. The summed E-state index contributed by atoms with van der Waals surface area (Å²) in [5.41, 5.74) is 0.832. The summed E-state index contributed by atoms with van der Waals surface area (Å²) in [6.45, 7) is 1.79. The van der Waals surface area contributed by atoms with Gasteiger partial charge in [0.15, 0.2) is 4.80 Å². The highest BCUT2D eigenvalue weighted by atomic mass is 35.5. The first-order chi connectivity index (χ1) is 8.22. The standard InChI is InChI=1S/C12H11ClN2OS/c1-2-11(16)14-12-15(7-8-17-12)10-6-4-3-5-9(10)13/h3-8H,2H2,1H3. The number of amides is 1. The highest BCUT2D eigenvalue weighted by Gasteiger charge is 2.04. The topological polar surface area (TPSA) is 34.4 Å². The molecule has 1 heterocycles. The Labute approximate surface area is 108 Å². The van der Waals surface area contributed by atoms with Crippen LogP contribution >= 0.6 is 22.9 Å². The van der Waals surface area contributed by atoms with Gasteiger partial charge in [0.05, 0.1) is 10.7 Å². The Kier molecular flexibility index (Phi) is 3.76. The molecule has 0 spiro atoms. The second-order valence-corrected chi connectivity index (χ2v) is 4.65. The normalized spacial score (nSPS) is 11.8. The molecule has 0 fully saturated rings. The number of carbonyl (C=O) groups is 1. The van der Waals surface area contributed by atoms with Crippen molar-refractivity contribution in [2.24, 2.45) is 4.99 Å². The molecule has 0 aliphatic carbocycles. The zero-order valence-electron chi connectivity index (χ0n) is 9.26. The number of halogens is 1. The van der Waals surface area contributed by atoms with Crippen molar-refractivity contribution in [3.8, 4) is 5.69 Å². The molecule has 88 valence electrons. The average Bonchev–Trinajstić information content (AvgIpc) is 2.77. The fourth-order valence-corrected chi connectivity index (χ4v) is 2.33. The quantitative estimate of drug-likeness (QED) is 0.823. The Balaban J connectivity index is 2.55. The minimum Gasteiger partial charge on any atom is -0.291 e. The molecule has 0 bridgehead atoms. The van der Waals surface area contributed by atoms with Crippen LogP contribution in [0.25, 0.3) is 5.69 Å². The van der Waals surface area contributed by atoms with Gasteiger partial charge in [-0.2, -0.15) is 4.99 Å². The summed E-state index contributed by atoms with van der Waals surface area (Å²) in [6, 6.07) is 7.47. The summed E-state index contributed by atoms with van der Waals surface area (Å²) in [7, 11) is 0. The predicted octanol–water partition coefficient (Wildman–Crippen LogP) is 3.03. The van der Waals surface area contributed by atoms with E-state index in [1.807, 2.05) is 40.4 Å². The first-order valence-electron chi connectivity index (χ1n) is 5.21. The van der Waals surface area contributed by atoms with Gasteiger partial charge in [-0.05, 0) is 12.1 Å². The predicted molar refractivity (Wildman–Crippen MR) is 69.5 cm³/mol. The third-order valence-electron chi connectivity index (χ3n) is 2.22. The minimum absolute atomic E-state index is 0.131. The Bertz CT molecular complexity index is 600. The van der Waals surface area contributed by atoms with Gasteiger partial charge in [-0.25, -0.2) is 0 Å². The van der Waals surface area contributed by atoms with E-state index in [1.54, 1.807) is 6.92 Å². The smallest absolute Gasteiger partial charge is 0.248 e. The van der Waals surface area contributed by atoms with Gasteiger partial charge < -0.3 is 0 Å². The molecule has 2 rings (SSSR count). The molecule has 0 saturated heterocycles. The Hall–Kier alpha value is -1.39. The molecule has 5 heteroatoms. The SMILES string of the molecule is CCC(=O)N=c1sccn1-c1ccccc1Cl. The van der Waals surface area contributed by atoms with E-state index in [1.165, 1.54) is 11.3 Å². The van der Waals surface area contributed by atoms with Crippen LogP contribution in [0.2, 0.25) is 5.02 Å². The van der Waals surface area contributed by atoms with Gasteiger partial charge in [0.2, 0.25) is 5.91 Å². The van der Waals surface area contributed by atoms with Crippen molar-refractivity contribution in [1.29, 1.82) is 0 Å². The maximum atomic E-state index is 11.3. The molecular weight excluding hydrogens is 256 g/mol. The summed E-state index contributed by atoms with van der Waals surface area (Å²) in [4.78, 5) is 16.0. The van der Waals surface area contributed by atoms with E-state index in [-0.39, 0.29) is 5.91 Å². The molecule has 1 amide bonds. The van der Waals surface area contributed by atoms with Crippen LogP contribution < -0.4 is 4.80 Å². The summed E-state index contributed by atoms with van der Waals surface area (Å²) in [5, 5.41) is 2.52. The molecule has 0 aliphatic heterocycles. The van der Waals surface area contributed by atoms with Gasteiger partial charge in [0, 0.05) is 18.0 Å². The first-order valence-corrected chi connectivity index (χ1v) is 6.46. The van der Waals surface area contributed by atoms with E-state index in [4.69, 9.17) is 11.6 Å². The van der Waals surface area contributed by atoms with E-state index in [0.29, 0.717) is 16.2 Å². The third-order valence-corrected chi connectivity index (χ3v) is 3.30. The number of thiazole rings is 1. The van der Waals surface area contributed by atoms with Crippen LogP contribution in [0, 0.1) is 0 Å². The maximum Gasteiger partial charge on any atom is 0.248 e. The third kappa shape index (κ3) is 2.65. The Morgan fingerprint density at radius 2 is 2.24 bits per heavy atom. The summed E-state index contributed by atoms with van der Waals surface area (Å²) < 4.78 is 1.82. The summed E-state index contributed by atoms with van der Waals surface area (Å²) >= 11 is 7.53. The fourth-order valence-electron chi connectivity index (χ4n) is 1.37. The van der Waals surface area contributed by atoms with Crippen LogP contribution in [0.3, 0.4) is 0 Å². The average molecular weight is 267 g/mol. The molecule has 3 nitrogen and oxygen atoms in total. The van der Waals surface area contributed by atoms with Gasteiger partial charge in [0.25, 0.3) is 0 Å². The zero-order chi connectivity index (χ0) is 12.3. The molecule has 0 unspecified atom stereocenters. The van der Waals surface area contributed by atoms with Crippen molar-refractivity contribution < 1.29 is 4.79 Å². The molecule has 17 heavy (non-hydrogen) atoms. The number of hydrogen-bond acceptors (Lipinski definition) is 2. The number of hydrogen-bond donors (Lipinski definition) is 0. The number of rotatable bonds is 2. The molecule has 0 radical (unpaired) electrons. The van der Waals surface area contributed by atoms with Crippen LogP contribution in [0.1, 0.15) is 13.3 Å². The van der Waals surface area contributed by atoms with Crippen LogP contribution in [0.5, 0.6) is 0 Å². The van der Waals surface area contributed by atoms with E-state index in [2.05, 4.69) is 4.99 Å². The van der Waals surface area contributed by atoms with Gasteiger partial charge in [-0.1, -0.05) is 30.7 Å². The minimum atomic E-state index is -0.131. The van der Waals surface area contributed by atoms with Gasteiger partial charge in [-0.15, -0.1) is 11.3 Å². The lowest BCUT2D eigenvalue weighted by Gasteiger charge is -2.04. The molecular formula is C12H11ClN2OS. The van der Waals surface area contributed by atoms with Gasteiger partial charge in [-0.3, -0.25) is 9.36 Å². The lowest BCUT2D eigenvalue weighted by atomic mass is 10.3. The van der Waals surface area contributed by atoms with E-state index in [0.717, 1.165) is 5.69 Å². The highest BCUT2D eigenvalue weighted by molar-refractivity contribution is 7.07. The second kappa shape index (κ2) is 5.29. The summed E-state index contributed by atoms with van der Waals surface area (Å²) in [5.74, 6) is -0.131. The molecule has 1 aromatic heterocycles. The van der Waals surface area contributed by atoms with Gasteiger partial charge in [0.1, 0.15) is 0 Å². The molecule has 0 N–H and O–H groups in total. The number of para-hydroxylation sites is 1. The lowest BCUT2D eigenvalue weighted by molar-refractivity contribution is -0.117. The Morgan fingerprint density at radius 1 is 1.47 bits per heavy atom. The van der Waals surface area contributed by atoms with Crippen molar-refractivity contribution in [1.82, 2.24) is 4.57 Å². The molecule has 2 aromatic rings. The van der Waals surface area contributed by atoms with Crippen LogP contribution in [0.15, 0.2) is 40.8 Å². The summed E-state index contributed by atoms with van der Waals surface area (Å²) in [6.07, 6.45) is 2.26. The lowest BCUT2D eigenvalue weighted by Crippen LogP contribution is -2.14. The Morgan fingerprint density at radius 3 is 2.94 bits per heavy atom. The first kappa shape index (κ1) is 12.1. The number of benzene rings is 1. The zero-order valence-corrected chi connectivity index (χ0v) is 10.8. The van der Waals surface area contributed by atoms with Crippen molar-refractivity contribution in [2.75, 3.05) is 0 Å². The van der Waals surface area contributed by atoms with Crippen LogP contribution in [0.4, 0.5) is 0 Å². The van der Waals surface area contributed by atoms with E-state index in [9.17, 15) is 4.79 Å². The fraction of sp³-hybridized carbons (Fsp3) is 0.167. The molecule has 0 aliphatic rings. The van der Waals surface area contributed by atoms with E-state index < -0.39 is 0 Å². The number of carbonyl (C=O) groups excluding carboxylic acids is 1. The number of aromatic nitrogens is 1. The van der Waals surface area contributed by atoms with Crippen molar-refractivity contribution >= 4 is 28.8 Å². The number of nitrogens with zero attached hydrogens (tertiary/aromatic N) is 2. The van der Waals surface area contributed by atoms with Crippen LogP contribution in [-0.2, 0) is 4.79 Å². The maximum absolute atomic E-state index is 11.3. The van der Waals surface area contributed by atoms with Gasteiger partial charge >= 0.3 is 0 Å². The van der Waals surface area contributed by atoms with Crippen LogP contribution in [-0.4, -0.2) is 10.5 Å². The van der Waals surface area contributed by atoms with Crippen molar-refractivity contribution in [3.63, 3.8) is 0 Å². The monoisotopic (exact) mass is 266 g/mol. The van der Waals surface area contributed by atoms with Crippen molar-refractivity contribution in [2.45, 2.75) is 13.3 Å². The molecule has 0 atom stereocenters. The van der Waals surface area contributed by atoms with Crippen molar-refractivity contribution in [3.05, 3.63) is 45.7 Å². The van der Waals surface area contributed by atoms with E-state index >= 15 is 0 Å². The highest BCUT2D eigenvalue weighted by Crippen LogP contribution is 2.18. The molecule has 1 aromatic carbocycles. The molecule has 0 saturated carbocycles. The largest absolute Gasteiger partial charge is 0.291 e.